The fraction of sp³-hybridized carbons (Fsp3) is 0.778. The molecule has 0 aliphatic carbocycles. The van der Waals surface area contributed by atoms with Crippen molar-refractivity contribution in [1.82, 2.24) is 10.9 Å². The van der Waals surface area contributed by atoms with Crippen LogP contribution in [0.1, 0.15) is 39.5 Å². The van der Waals surface area contributed by atoms with Gasteiger partial charge in [-0.1, -0.05) is 13.3 Å². The van der Waals surface area contributed by atoms with Crippen LogP contribution < -0.4 is 16.6 Å². The molecule has 0 aromatic heterocycles. The van der Waals surface area contributed by atoms with Crippen molar-refractivity contribution in [2.45, 2.75) is 45.6 Å². The molecule has 0 aliphatic rings. The minimum Gasteiger partial charge on any atom is -0.370 e. The lowest BCUT2D eigenvalue weighted by atomic mass is 10.2. The van der Waals surface area contributed by atoms with E-state index in [4.69, 9.17) is 5.73 Å². The maximum Gasteiger partial charge on any atom is 0.234 e. The fourth-order valence-corrected chi connectivity index (χ4v) is 1.01. The van der Waals surface area contributed by atoms with E-state index in [1.807, 2.05) is 6.92 Å². The predicted octanol–water partition coefficient (Wildman–Crippen LogP) is 0.0613. The Bertz CT molecular complexity index is 194. The summed E-state index contributed by atoms with van der Waals surface area (Å²) in [6, 6.07) is 0.248. The Hall–Kier alpha value is -1.10. The van der Waals surface area contributed by atoms with Crippen molar-refractivity contribution < 1.29 is 9.59 Å². The third-order valence-corrected chi connectivity index (χ3v) is 1.78. The van der Waals surface area contributed by atoms with Gasteiger partial charge in [-0.2, -0.15) is 0 Å². The molecule has 0 radical (unpaired) electrons. The van der Waals surface area contributed by atoms with Gasteiger partial charge < -0.3 is 5.73 Å². The van der Waals surface area contributed by atoms with Gasteiger partial charge in [-0.3, -0.25) is 15.0 Å². The van der Waals surface area contributed by atoms with Gasteiger partial charge in [0.25, 0.3) is 0 Å². The molecule has 0 aromatic rings. The zero-order valence-electron chi connectivity index (χ0n) is 8.80. The highest BCUT2D eigenvalue weighted by atomic mass is 16.2. The minimum absolute atomic E-state index is 0.0929. The SMILES string of the molecule is CCC[C@H](C)NNC(=O)CCC(N)=O. The number of nitrogens with one attached hydrogen (secondary N) is 2. The number of hydrogen-bond acceptors (Lipinski definition) is 3. The van der Waals surface area contributed by atoms with Crippen LogP contribution in [-0.2, 0) is 9.59 Å². The number of nitrogens with two attached hydrogens (primary N) is 1. The van der Waals surface area contributed by atoms with Gasteiger partial charge in [0.2, 0.25) is 11.8 Å². The van der Waals surface area contributed by atoms with Gasteiger partial charge in [-0.25, -0.2) is 5.43 Å². The predicted molar refractivity (Wildman–Crippen MR) is 54.1 cm³/mol. The Morgan fingerprint density at radius 3 is 2.50 bits per heavy atom. The number of carbonyl (C=O) groups is 2. The van der Waals surface area contributed by atoms with E-state index in [1.54, 1.807) is 0 Å². The average molecular weight is 201 g/mol. The first-order valence-electron chi connectivity index (χ1n) is 4.89. The van der Waals surface area contributed by atoms with E-state index in [0.717, 1.165) is 12.8 Å². The van der Waals surface area contributed by atoms with E-state index >= 15 is 0 Å². The van der Waals surface area contributed by atoms with Crippen LogP contribution in [0, 0.1) is 0 Å². The topological polar surface area (TPSA) is 84.2 Å². The summed E-state index contributed by atoms with van der Waals surface area (Å²) in [7, 11) is 0. The van der Waals surface area contributed by atoms with Gasteiger partial charge in [0, 0.05) is 18.9 Å². The van der Waals surface area contributed by atoms with Crippen LogP contribution in [0.5, 0.6) is 0 Å². The van der Waals surface area contributed by atoms with Crippen molar-refractivity contribution in [3.8, 4) is 0 Å². The zero-order chi connectivity index (χ0) is 11.0. The molecule has 0 heterocycles. The molecule has 0 saturated carbocycles. The first-order chi connectivity index (χ1) is 6.56. The van der Waals surface area contributed by atoms with Crippen molar-refractivity contribution >= 4 is 11.8 Å². The molecule has 5 heteroatoms. The third kappa shape index (κ3) is 7.54. The number of hydrazine groups is 1. The van der Waals surface area contributed by atoms with Gasteiger partial charge in [-0.15, -0.1) is 0 Å². The number of rotatable bonds is 7. The highest BCUT2D eigenvalue weighted by molar-refractivity contribution is 5.82. The molecular formula is C9H19N3O2. The van der Waals surface area contributed by atoms with Crippen LogP contribution in [0.3, 0.4) is 0 Å². The quantitative estimate of drug-likeness (QED) is 0.509. The van der Waals surface area contributed by atoms with E-state index in [-0.39, 0.29) is 24.8 Å². The number of primary amides is 1. The second kappa shape index (κ2) is 7.32. The van der Waals surface area contributed by atoms with Crippen molar-refractivity contribution in [2.75, 3.05) is 0 Å². The van der Waals surface area contributed by atoms with Gasteiger partial charge >= 0.3 is 0 Å². The summed E-state index contributed by atoms with van der Waals surface area (Å²) in [4.78, 5) is 21.4. The van der Waals surface area contributed by atoms with Crippen LogP contribution in [0.15, 0.2) is 0 Å². The van der Waals surface area contributed by atoms with E-state index in [9.17, 15) is 9.59 Å². The maximum absolute atomic E-state index is 11.1. The Balaban J connectivity index is 3.48. The Morgan fingerprint density at radius 1 is 1.36 bits per heavy atom. The zero-order valence-corrected chi connectivity index (χ0v) is 8.80. The van der Waals surface area contributed by atoms with Gasteiger partial charge in [-0.05, 0) is 13.3 Å². The molecule has 4 N–H and O–H groups in total. The molecule has 0 fully saturated rings. The number of amides is 2. The van der Waals surface area contributed by atoms with Crippen molar-refractivity contribution in [3.63, 3.8) is 0 Å². The van der Waals surface area contributed by atoms with Gasteiger partial charge in [0.05, 0.1) is 0 Å². The lowest BCUT2D eigenvalue weighted by molar-refractivity contribution is -0.125. The summed E-state index contributed by atoms with van der Waals surface area (Å²) in [5.74, 6) is -0.659. The van der Waals surface area contributed by atoms with Crippen LogP contribution in [0.2, 0.25) is 0 Å². The molecular weight excluding hydrogens is 182 g/mol. The summed E-state index contributed by atoms with van der Waals surface area (Å²) in [5.41, 5.74) is 10.3. The summed E-state index contributed by atoms with van der Waals surface area (Å²) in [5, 5.41) is 0. The second-order valence-electron chi connectivity index (χ2n) is 3.35. The molecule has 0 saturated heterocycles. The molecule has 0 spiro atoms. The van der Waals surface area contributed by atoms with Crippen LogP contribution in [-0.4, -0.2) is 17.9 Å². The van der Waals surface area contributed by atoms with E-state index in [2.05, 4.69) is 17.8 Å². The minimum atomic E-state index is -0.457. The van der Waals surface area contributed by atoms with Gasteiger partial charge in [0.1, 0.15) is 0 Å². The largest absolute Gasteiger partial charge is 0.370 e. The Kier molecular flexibility index (Phi) is 6.74. The van der Waals surface area contributed by atoms with Crippen LogP contribution in [0.4, 0.5) is 0 Å². The molecule has 0 bridgehead atoms. The molecule has 82 valence electrons. The summed E-state index contributed by atoms with van der Waals surface area (Å²) in [6.07, 6.45) is 2.29. The normalized spacial score (nSPS) is 12.1. The Morgan fingerprint density at radius 2 is 2.00 bits per heavy atom. The van der Waals surface area contributed by atoms with Crippen molar-refractivity contribution in [1.29, 1.82) is 0 Å². The molecule has 0 aromatic carbocycles. The molecule has 0 rings (SSSR count). The van der Waals surface area contributed by atoms with E-state index < -0.39 is 5.91 Å². The van der Waals surface area contributed by atoms with E-state index in [1.165, 1.54) is 0 Å². The molecule has 0 unspecified atom stereocenters. The lowest BCUT2D eigenvalue weighted by Gasteiger charge is -2.13. The summed E-state index contributed by atoms with van der Waals surface area (Å²) < 4.78 is 0. The number of carbonyl (C=O) groups excluding carboxylic acids is 2. The smallest absolute Gasteiger partial charge is 0.234 e. The fourth-order valence-electron chi connectivity index (χ4n) is 1.01. The van der Waals surface area contributed by atoms with Crippen molar-refractivity contribution in [3.05, 3.63) is 0 Å². The van der Waals surface area contributed by atoms with E-state index in [0.29, 0.717) is 0 Å². The maximum atomic E-state index is 11.1. The van der Waals surface area contributed by atoms with Gasteiger partial charge in [0.15, 0.2) is 0 Å². The van der Waals surface area contributed by atoms with Crippen molar-refractivity contribution in [2.24, 2.45) is 5.73 Å². The summed E-state index contributed by atoms with van der Waals surface area (Å²) in [6.45, 7) is 4.06. The second-order valence-corrected chi connectivity index (χ2v) is 3.35. The third-order valence-electron chi connectivity index (χ3n) is 1.78. The van der Waals surface area contributed by atoms with Crippen LogP contribution in [0.25, 0.3) is 0 Å². The Labute approximate surface area is 84.4 Å². The first-order valence-corrected chi connectivity index (χ1v) is 4.89. The average Bonchev–Trinajstić information content (AvgIpc) is 2.12. The number of hydrogen-bond donors (Lipinski definition) is 3. The molecule has 2 amide bonds. The molecule has 1 atom stereocenters. The van der Waals surface area contributed by atoms with Crippen LogP contribution >= 0.6 is 0 Å². The first kappa shape index (κ1) is 12.9. The monoisotopic (exact) mass is 201 g/mol. The highest BCUT2D eigenvalue weighted by Crippen LogP contribution is 1.93. The summed E-state index contributed by atoms with van der Waals surface area (Å²) >= 11 is 0. The lowest BCUT2D eigenvalue weighted by Crippen LogP contribution is -2.43. The molecule has 14 heavy (non-hydrogen) atoms. The molecule has 0 aliphatic heterocycles. The molecule has 5 nitrogen and oxygen atoms in total. The highest BCUT2D eigenvalue weighted by Gasteiger charge is 2.05. The standard InChI is InChI=1S/C9H19N3O2/c1-3-4-7(2)11-12-9(14)6-5-8(10)13/h7,11H,3-6H2,1-2H3,(H2,10,13)(H,12,14)/t7-/m0/s1.